The maximum atomic E-state index is 12.1. The zero-order valence-corrected chi connectivity index (χ0v) is 25.7. The number of halogens is 1. The summed E-state index contributed by atoms with van der Waals surface area (Å²) in [5.74, 6) is -0.171. The summed E-state index contributed by atoms with van der Waals surface area (Å²) in [6, 6.07) is 47.1. The zero-order valence-electron chi connectivity index (χ0n) is 25.7. The Morgan fingerprint density at radius 2 is 0.905 bits per heavy atom. The molecule has 7 rings (SSSR count). The van der Waals surface area contributed by atoms with E-state index in [1.807, 2.05) is 25.1 Å². The maximum absolute atomic E-state index is 12.1. The largest absolute Gasteiger partial charge is 0.207 e. The number of hydrogen-bond acceptors (Lipinski definition) is 0. The highest BCUT2D eigenvalue weighted by atomic mass is 19.1. The second-order valence-electron chi connectivity index (χ2n) is 11.5. The Hall–Kier alpha value is -4.49. The SMILES string of the molecule is Cc1ccc(F)cc1.Cc1ccc2c(c1)C(C)(C)c1ccccc1-2.Cc1ccc2ccccc2c1.Cc1ccccc1. The van der Waals surface area contributed by atoms with Gasteiger partial charge in [0.15, 0.2) is 0 Å². The summed E-state index contributed by atoms with van der Waals surface area (Å²) < 4.78 is 12.1. The molecule has 0 nitrogen and oxygen atoms in total. The summed E-state index contributed by atoms with van der Waals surface area (Å²) in [7, 11) is 0. The fraction of sp³-hybridized carbons (Fsp3) is 0.171. The lowest BCUT2D eigenvalue weighted by Gasteiger charge is -2.21. The lowest BCUT2D eigenvalue weighted by Crippen LogP contribution is -2.14. The monoisotopic (exact) mass is 552 g/mol. The lowest BCUT2D eigenvalue weighted by atomic mass is 9.82. The van der Waals surface area contributed by atoms with Crippen LogP contribution in [-0.2, 0) is 5.41 Å². The van der Waals surface area contributed by atoms with Gasteiger partial charge in [0.05, 0.1) is 0 Å². The summed E-state index contributed by atoms with van der Waals surface area (Å²) in [5, 5.41) is 2.64. The van der Waals surface area contributed by atoms with Crippen LogP contribution in [0.25, 0.3) is 21.9 Å². The van der Waals surface area contributed by atoms with Gasteiger partial charge in [-0.25, -0.2) is 4.39 Å². The van der Waals surface area contributed by atoms with Crippen LogP contribution in [0.15, 0.2) is 140 Å². The minimum absolute atomic E-state index is 0.151. The number of rotatable bonds is 0. The predicted molar refractivity (Wildman–Crippen MR) is 180 cm³/mol. The van der Waals surface area contributed by atoms with Gasteiger partial charge in [-0.05, 0) is 72.9 Å². The van der Waals surface area contributed by atoms with E-state index in [0.29, 0.717) is 0 Å². The Labute approximate surface area is 251 Å². The molecule has 0 aromatic heterocycles. The zero-order chi connectivity index (χ0) is 30.1. The average Bonchev–Trinajstić information content (AvgIpc) is 3.22. The Balaban J connectivity index is 0.000000136. The second-order valence-corrected chi connectivity index (χ2v) is 11.5. The van der Waals surface area contributed by atoms with Crippen molar-refractivity contribution in [3.63, 3.8) is 0 Å². The third-order valence-corrected chi connectivity index (χ3v) is 7.60. The van der Waals surface area contributed by atoms with E-state index in [4.69, 9.17) is 0 Å². The van der Waals surface area contributed by atoms with Crippen molar-refractivity contribution in [2.75, 3.05) is 0 Å². The Morgan fingerprint density at radius 1 is 0.405 bits per heavy atom. The Bertz CT molecular complexity index is 1710. The lowest BCUT2D eigenvalue weighted by molar-refractivity contribution is 0.627. The van der Waals surface area contributed by atoms with Crippen molar-refractivity contribution in [3.05, 3.63) is 179 Å². The van der Waals surface area contributed by atoms with Crippen LogP contribution < -0.4 is 0 Å². The Morgan fingerprint density at radius 3 is 1.55 bits per heavy atom. The molecule has 212 valence electrons. The summed E-state index contributed by atoms with van der Waals surface area (Å²) in [6.45, 7) is 12.9. The van der Waals surface area contributed by atoms with Crippen molar-refractivity contribution in [1.29, 1.82) is 0 Å². The van der Waals surface area contributed by atoms with Crippen LogP contribution in [0.1, 0.15) is 47.2 Å². The second kappa shape index (κ2) is 13.9. The molecular formula is C41H41F. The summed E-state index contributed by atoms with van der Waals surface area (Å²) >= 11 is 0. The fourth-order valence-corrected chi connectivity index (χ4v) is 5.19. The number of benzene rings is 6. The Kier molecular flexibility index (Phi) is 10.1. The molecule has 0 unspecified atom stereocenters. The van der Waals surface area contributed by atoms with Gasteiger partial charge in [0, 0.05) is 5.41 Å². The van der Waals surface area contributed by atoms with E-state index in [-0.39, 0.29) is 11.2 Å². The van der Waals surface area contributed by atoms with Gasteiger partial charge >= 0.3 is 0 Å². The summed E-state index contributed by atoms with van der Waals surface area (Å²) in [6.07, 6.45) is 0. The molecule has 6 aromatic carbocycles. The third-order valence-electron chi connectivity index (χ3n) is 7.60. The number of hydrogen-bond donors (Lipinski definition) is 0. The van der Waals surface area contributed by atoms with Gasteiger partial charge in [0.1, 0.15) is 5.82 Å². The van der Waals surface area contributed by atoms with Gasteiger partial charge in [0.25, 0.3) is 0 Å². The highest BCUT2D eigenvalue weighted by Crippen LogP contribution is 2.48. The van der Waals surface area contributed by atoms with Gasteiger partial charge in [-0.3, -0.25) is 0 Å². The molecule has 0 aliphatic heterocycles. The van der Waals surface area contributed by atoms with E-state index in [1.165, 1.54) is 61.8 Å². The minimum atomic E-state index is -0.171. The van der Waals surface area contributed by atoms with Crippen molar-refractivity contribution < 1.29 is 4.39 Å². The van der Waals surface area contributed by atoms with Crippen LogP contribution in [0.4, 0.5) is 4.39 Å². The first-order chi connectivity index (χ1) is 20.1. The van der Waals surface area contributed by atoms with Crippen molar-refractivity contribution in [2.24, 2.45) is 0 Å². The molecule has 1 heteroatoms. The molecule has 42 heavy (non-hydrogen) atoms. The number of fused-ring (bicyclic) bond motifs is 4. The van der Waals surface area contributed by atoms with E-state index in [2.05, 4.69) is 132 Å². The molecule has 0 spiro atoms. The first-order valence-electron chi connectivity index (χ1n) is 14.6. The number of aryl methyl sites for hydroxylation is 4. The van der Waals surface area contributed by atoms with Gasteiger partial charge in [0.2, 0.25) is 0 Å². The van der Waals surface area contributed by atoms with Crippen LogP contribution >= 0.6 is 0 Å². The van der Waals surface area contributed by atoms with E-state index in [1.54, 1.807) is 12.1 Å². The van der Waals surface area contributed by atoms with Gasteiger partial charge < -0.3 is 0 Å². The first-order valence-corrected chi connectivity index (χ1v) is 14.6. The molecular weight excluding hydrogens is 511 g/mol. The first kappa shape index (κ1) is 30.5. The maximum Gasteiger partial charge on any atom is 0.123 e. The molecule has 6 aromatic rings. The molecule has 1 aliphatic rings. The van der Waals surface area contributed by atoms with Crippen LogP contribution in [0.5, 0.6) is 0 Å². The van der Waals surface area contributed by atoms with Gasteiger partial charge in [-0.2, -0.15) is 0 Å². The van der Waals surface area contributed by atoms with Crippen molar-refractivity contribution in [2.45, 2.75) is 47.0 Å². The molecule has 0 atom stereocenters. The van der Waals surface area contributed by atoms with Gasteiger partial charge in [-0.15, -0.1) is 0 Å². The molecule has 1 aliphatic carbocycles. The average molecular weight is 553 g/mol. The molecule has 0 N–H and O–H groups in total. The van der Waals surface area contributed by atoms with Crippen molar-refractivity contribution >= 4 is 10.8 Å². The molecule has 0 radical (unpaired) electrons. The highest BCUT2D eigenvalue weighted by molar-refractivity contribution is 5.83. The van der Waals surface area contributed by atoms with Gasteiger partial charge in [-0.1, -0.05) is 163 Å². The molecule has 0 saturated carbocycles. The van der Waals surface area contributed by atoms with Crippen LogP contribution in [-0.4, -0.2) is 0 Å². The molecule has 0 heterocycles. The normalized spacial score (nSPS) is 11.9. The van der Waals surface area contributed by atoms with E-state index in [0.717, 1.165) is 5.56 Å². The smallest absolute Gasteiger partial charge is 0.123 e. The summed E-state index contributed by atoms with van der Waals surface area (Å²) in [5.41, 5.74) is 11.0. The quantitative estimate of drug-likeness (QED) is 0.176. The van der Waals surface area contributed by atoms with Crippen molar-refractivity contribution in [1.82, 2.24) is 0 Å². The van der Waals surface area contributed by atoms with E-state index < -0.39 is 0 Å². The highest BCUT2D eigenvalue weighted by Gasteiger charge is 2.34. The van der Waals surface area contributed by atoms with E-state index in [9.17, 15) is 4.39 Å². The standard InChI is InChI=1S/C16H16.C11H10.C7H7F.C7H8/c1-11-8-9-13-12-6-4-5-7-14(12)16(2,3)15(13)10-11;1-9-6-7-10-4-2-3-5-11(10)8-9;1-6-2-4-7(8)5-3-6;1-7-5-3-2-4-6-7/h4-10H,1-3H3;2-8H,1H3;2-5H,1H3;2-6H,1H3. The molecule has 0 bridgehead atoms. The molecule has 0 amide bonds. The van der Waals surface area contributed by atoms with Crippen molar-refractivity contribution in [3.8, 4) is 11.1 Å². The predicted octanol–water partition coefficient (Wildman–Crippen LogP) is 11.6. The summed E-state index contributed by atoms with van der Waals surface area (Å²) in [4.78, 5) is 0. The fourth-order valence-electron chi connectivity index (χ4n) is 5.19. The van der Waals surface area contributed by atoms with Crippen LogP contribution in [0.2, 0.25) is 0 Å². The van der Waals surface area contributed by atoms with E-state index >= 15 is 0 Å². The molecule has 0 saturated heterocycles. The van der Waals surface area contributed by atoms with Crippen LogP contribution in [0, 0.1) is 33.5 Å². The molecule has 0 fully saturated rings. The minimum Gasteiger partial charge on any atom is -0.207 e. The third kappa shape index (κ3) is 7.83. The van der Waals surface area contributed by atoms with Crippen LogP contribution in [0.3, 0.4) is 0 Å². The topological polar surface area (TPSA) is 0 Å².